The first-order valence-electron chi connectivity index (χ1n) is 10.7. The van der Waals surface area contributed by atoms with Crippen LogP contribution in [0.4, 0.5) is 16.2 Å². The fourth-order valence-electron chi connectivity index (χ4n) is 3.28. The third kappa shape index (κ3) is 5.99. The van der Waals surface area contributed by atoms with Gasteiger partial charge in [0, 0.05) is 29.9 Å². The van der Waals surface area contributed by atoms with Crippen LogP contribution in [0.1, 0.15) is 17.7 Å². The Morgan fingerprint density at radius 2 is 1.74 bits per heavy atom. The van der Waals surface area contributed by atoms with Crippen LogP contribution in [0.25, 0.3) is 11.4 Å². The SMILES string of the molecule is Cc1ccc(-c2n[nH]c(=S)n2CCC(=O)Nc2ccc(NC(=O)NCc3ccco3)cc2)cc1. The summed E-state index contributed by atoms with van der Waals surface area (Å²) in [5.74, 6) is 1.20. The van der Waals surface area contributed by atoms with E-state index < -0.39 is 0 Å². The topological polar surface area (TPSA) is 117 Å². The van der Waals surface area contributed by atoms with Crippen molar-refractivity contribution < 1.29 is 14.0 Å². The van der Waals surface area contributed by atoms with E-state index in [0.29, 0.717) is 40.8 Å². The molecule has 0 aliphatic rings. The number of anilines is 2. The lowest BCUT2D eigenvalue weighted by Gasteiger charge is -2.10. The van der Waals surface area contributed by atoms with Crippen molar-refractivity contribution in [1.82, 2.24) is 20.1 Å². The van der Waals surface area contributed by atoms with E-state index in [9.17, 15) is 9.59 Å². The van der Waals surface area contributed by atoms with Gasteiger partial charge in [0.2, 0.25) is 5.91 Å². The number of amides is 3. The zero-order chi connectivity index (χ0) is 23.9. The van der Waals surface area contributed by atoms with Gasteiger partial charge in [0.15, 0.2) is 10.6 Å². The molecule has 0 fully saturated rings. The predicted octanol–water partition coefficient (Wildman–Crippen LogP) is 4.86. The number of rotatable bonds is 8. The molecule has 0 bridgehead atoms. The molecule has 0 aliphatic heterocycles. The predicted molar refractivity (Wildman–Crippen MR) is 132 cm³/mol. The zero-order valence-corrected chi connectivity index (χ0v) is 19.3. The molecular formula is C24H24N6O3S. The highest BCUT2D eigenvalue weighted by atomic mass is 32.1. The number of hydrogen-bond acceptors (Lipinski definition) is 5. The molecule has 2 aromatic heterocycles. The lowest BCUT2D eigenvalue weighted by molar-refractivity contribution is -0.116. The Bertz CT molecular complexity index is 1310. The van der Waals surface area contributed by atoms with Crippen LogP contribution in [0.5, 0.6) is 0 Å². The second-order valence-corrected chi connectivity index (χ2v) is 8.02. The maximum absolute atomic E-state index is 12.5. The van der Waals surface area contributed by atoms with Gasteiger partial charge in [-0.3, -0.25) is 14.5 Å². The lowest BCUT2D eigenvalue weighted by atomic mass is 10.1. The molecule has 0 spiro atoms. The van der Waals surface area contributed by atoms with E-state index in [0.717, 1.165) is 11.1 Å². The van der Waals surface area contributed by atoms with E-state index in [1.807, 2.05) is 35.8 Å². The second-order valence-electron chi connectivity index (χ2n) is 7.63. The number of nitrogens with zero attached hydrogens (tertiary/aromatic N) is 2. The monoisotopic (exact) mass is 476 g/mol. The molecule has 2 heterocycles. The number of H-pyrrole nitrogens is 1. The first-order chi connectivity index (χ1) is 16.5. The number of aromatic nitrogens is 3. The van der Waals surface area contributed by atoms with Gasteiger partial charge >= 0.3 is 6.03 Å². The summed E-state index contributed by atoms with van der Waals surface area (Å²) in [6.45, 7) is 2.70. The summed E-state index contributed by atoms with van der Waals surface area (Å²) in [6, 6.07) is 18.0. The summed E-state index contributed by atoms with van der Waals surface area (Å²) in [5.41, 5.74) is 3.30. The minimum absolute atomic E-state index is 0.158. The van der Waals surface area contributed by atoms with Gasteiger partial charge in [-0.05, 0) is 55.5 Å². The summed E-state index contributed by atoms with van der Waals surface area (Å²) in [6.07, 6.45) is 1.77. The number of hydrogen-bond donors (Lipinski definition) is 4. The number of aromatic amines is 1. The van der Waals surface area contributed by atoms with Crippen molar-refractivity contribution in [3.05, 3.63) is 83.0 Å². The van der Waals surface area contributed by atoms with Gasteiger partial charge in [0.1, 0.15) is 5.76 Å². The quantitative estimate of drug-likeness (QED) is 0.271. The smallest absolute Gasteiger partial charge is 0.319 e. The van der Waals surface area contributed by atoms with Crippen molar-refractivity contribution in [1.29, 1.82) is 0 Å². The highest BCUT2D eigenvalue weighted by Gasteiger charge is 2.11. The molecule has 10 heteroatoms. The molecule has 0 radical (unpaired) electrons. The Morgan fingerprint density at radius 3 is 2.41 bits per heavy atom. The van der Waals surface area contributed by atoms with Crippen molar-refractivity contribution in [3.63, 3.8) is 0 Å². The van der Waals surface area contributed by atoms with Crippen molar-refractivity contribution in [2.75, 3.05) is 10.6 Å². The van der Waals surface area contributed by atoms with Gasteiger partial charge in [0.25, 0.3) is 0 Å². The van der Waals surface area contributed by atoms with Gasteiger partial charge < -0.3 is 20.4 Å². The van der Waals surface area contributed by atoms with Crippen LogP contribution in [0, 0.1) is 11.7 Å². The van der Waals surface area contributed by atoms with Gasteiger partial charge in [0.05, 0.1) is 12.8 Å². The molecule has 174 valence electrons. The van der Waals surface area contributed by atoms with E-state index in [4.69, 9.17) is 16.6 Å². The number of aryl methyl sites for hydroxylation is 1. The first kappa shape index (κ1) is 23.0. The number of nitrogens with one attached hydrogen (secondary N) is 4. The molecule has 0 atom stereocenters. The minimum Gasteiger partial charge on any atom is -0.467 e. The molecule has 4 rings (SSSR count). The van der Waals surface area contributed by atoms with Crippen molar-refractivity contribution >= 4 is 35.5 Å². The van der Waals surface area contributed by atoms with Gasteiger partial charge in [-0.25, -0.2) is 4.79 Å². The summed E-state index contributed by atoms with van der Waals surface area (Å²) < 4.78 is 7.45. The molecule has 2 aromatic carbocycles. The zero-order valence-electron chi connectivity index (χ0n) is 18.5. The van der Waals surface area contributed by atoms with Crippen LogP contribution in [0.3, 0.4) is 0 Å². The normalized spacial score (nSPS) is 10.6. The third-order valence-electron chi connectivity index (χ3n) is 5.06. The highest BCUT2D eigenvalue weighted by molar-refractivity contribution is 7.71. The largest absolute Gasteiger partial charge is 0.467 e. The maximum Gasteiger partial charge on any atom is 0.319 e. The average molecular weight is 477 g/mol. The Kier molecular flexibility index (Phi) is 7.19. The maximum atomic E-state index is 12.5. The highest BCUT2D eigenvalue weighted by Crippen LogP contribution is 2.19. The van der Waals surface area contributed by atoms with E-state index in [1.54, 1.807) is 42.7 Å². The Balaban J connectivity index is 1.28. The van der Waals surface area contributed by atoms with Crippen molar-refractivity contribution in [2.45, 2.75) is 26.4 Å². The Morgan fingerprint density at radius 1 is 1.03 bits per heavy atom. The molecule has 0 unspecified atom stereocenters. The Labute approximate surface area is 201 Å². The second kappa shape index (κ2) is 10.6. The van der Waals surface area contributed by atoms with Crippen LogP contribution in [0.2, 0.25) is 0 Å². The van der Waals surface area contributed by atoms with Gasteiger partial charge in [-0.2, -0.15) is 5.10 Å². The van der Waals surface area contributed by atoms with Crippen LogP contribution >= 0.6 is 12.2 Å². The number of benzene rings is 2. The molecule has 4 N–H and O–H groups in total. The van der Waals surface area contributed by atoms with Crippen molar-refractivity contribution in [2.24, 2.45) is 0 Å². The van der Waals surface area contributed by atoms with Gasteiger partial charge in [-0.1, -0.05) is 29.8 Å². The fourth-order valence-corrected chi connectivity index (χ4v) is 3.50. The van der Waals surface area contributed by atoms with Crippen LogP contribution < -0.4 is 16.0 Å². The third-order valence-corrected chi connectivity index (χ3v) is 5.37. The summed E-state index contributed by atoms with van der Waals surface area (Å²) in [4.78, 5) is 24.5. The number of urea groups is 1. The van der Waals surface area contributed by atoms with Crippen molar-refractivity contribution in [3.8, 4) is 11.4 Å². The summed E-state index contributed by atoms with van der Waals surface area (Å²) in [5, 5.41) is 15.4. The van der Waals surface area contributed by atoms with Crippen LogP contribution in [-0.2, 0) is 17.9 Å². The van der Waals surface area contributed by atoms with Crippen LogP contribution in [-0.4, -0.2) is 26.7 Å². The van der Waals surface area contributed by atoms with E-state index >= 15 is 0 Å². The lowest BCUT2D eigenvalue weighted by Crippen LogP contribution is -2.27. The molecule has 34 heavy (non-hydrogen) atoms. The summed E-state index contributed by atoms with van der Waals surface area (Å²) >= 11 is 5.34. The molecule has 0 aliphatic carbocycles. The molecular weight excluding hydrogens is 452 g/mol. The average Bonchev–Trinajstić information content (AvgIpc) is 3.48. The molecule has 4 aromatic rings. The van der Waals surface area contributed by atoms with E-state index in [1.165, 1.54) is 0 Å². The minimum atomic E-state index is -0.352. The van der Waals surface area contributed by atoms with Crippen LogP contribution in [0.15, 0.2) is 71.3 Å². The Hall–Kier alpha value is -4.18. The number of carbonyl (C=O) groups is 2. The first-order valence-corrected chi connectivity index (χ1v) is 11.1. The molecule has 3 amide bonds. The van der Waals surface area contributed by atoms with Gasteiger partial charge in [-0.15, -0.1) is 0 Å². The fraction of sp³-hybridized carbons (Fsp3) is 0.167. The number of carbonyl (C=O) groups excluding carboxylic acids is 2. The molecule has 9 nitrogen and oxygen atoms in total. The molecule has 0 saturated carbocycles. The number of furan rings is 1. The van der Waals surface area contributed by atoms with E-state index in [-0.39, 0.29) is 18.4 Å². The molecule has 0 saturated heterocycles. The standard InChI is InChI=1S/C24H24N6O3S/c1-16-4-6-17(7-5-16)22-28-29-24(34)30(22)13-12-21(31)26-18-8-10-19(11-9-18)27-23(32)25-15-20-3-2-14-33-20/h2-11,14H,12-13,15H2,1H3,(H,26,31)(H,29,34)(H2,25,27,32). The summed E-state index contributed by atoms with van der Waals surface area (Å²) in [7, 11) is 0. The van der Waals surface area contributed by atoms with E-state index in [2.05, 4.69) is 26.1 Å².